The predicted molar refractivity (Wildman–Crippen MR) is 151 cm³/mol. The monoisotopic (exact) mass is 554 g/mol. The van der Waals surface area contributed by atoms with E-state index < -0.39 is 29.0 Å². The van der Waals surface area contributed by atoms with Gasteiger partial charge < -0.3 is 15.4 Å². The van der Waals surface area contributed by atoms with E-state index in [9.17, 15) is 23.2 Å². The third-order valence-corrected chi connectivity index (χ3v) is 6.45. The van der Waals surface area contributed by atoms with E-state index in [4.69, 9.17) is 5.11 Å². The lowest BCUT2D eigenvalue weighted by atomic mass is 9.94. The molecule has 8 nitrogen and oxygen atoms in total. The quantitative estimate of drug-likeness (QED) is 0.261. The normalized spacial score (nSPS) is 10.9. The number of hydrogen-bond donors (Lipinski definition) is 3. The Morgan fingerprint density at radius 3 is 2.32 bits per heavy atom. The first kappa shape index (κ1) is 27.4. The van der Waals surface area contributed by atoms with Crippen molar-refractivity contribution in [3.8, 4) is 11.1 Å². The second-order valence-corrected chi connectivity index (χ2v) is 9.08. The smallest absolute Gasteiger partial charge is 0.262 e. The van der Waals surface area contributed by atoms with E-state index in [0.717, 1.165) is 12.1 Å². The fourth-order valence-electron chi connectivity index (χ4n) is 4.64. The molecule has 0 fully saturated rings. The molecule has 0 radical (unpaired) electrons. The molecule has 2 amide bonds. The van der Waals surface area contributed by atoms with Crippen LogP contribution in [0.3, 0.4) is 0 Å². The molecule has 5 aromatic rings. The Bertz CT molecular complexity index is 1790. The molecule has 0 bridgehead atoms. The second-order valence-electron chi connectivity index (χ2n) is 9.08. The van der Waals surface area contributed by atoms with E-state index >= 15 is 0 Å². The minimum atomic E-state index is -1.17. The van der Waals surface area contributed by atoms with Crippen LogP contribution in [0.1, 0.15) is 15.9 Å². The molecule has 3 aromatic carbocycles. The van der Waals surface area contributed by atoms with Crippen molar-refractivity contribution >= 4 is 34.2 Å². The molecule has 0 aliphatic heterocycles. The Morgan fingerprint density at radius 1 is 0.927 bits per heavy atom. The molecule has 3 N–H and O–H groups in total. The highest BCUT2D eigenvalue weighted by atomic mass is 19.2. The van der Waals surface area contributed by atoms with Gasteiger partial charge in [0, 0.05) is 40.5 Å². The Balaban J connectivity index is 1.82. The molecule has 0 aliphatic carbocycles. The summed E-state index contributed by atoms with van der Waals surface area (Å²) in [5.41, 5.74) is 1.32. The zero-order valence-corrected chi connectivity index (χ0v) is 21.6. The van der Waals surface area contributed by atoms with Crippen molar-refractivity contribution in [1.82, 2.24) is 15.3 Å². The van der Waals surface area contributed by atoms with Crippen LogP contribution in [0, 0.1) is 11.6 Å². The van der Waals surface area contributed by atoms with Gasteiger partial charge in [-0.3, -0.25) is 19.3 Å². The zero-order valence-electron chi connectivity index (χ0n) is 21.6. The van der Waals surface area contributed by atoms with Gasteiger partial charge in [0.05, 0.1) is 18.7 Å². The van der Waals surface area contributed by atoms with Crippen LogP contribution in [0.4, 0.5) is 20.2 Å². The summed E-state index contributed by atoms with van der Waals surface area (Å²) in [5, 5.41) is 12.0. The van der Waals surface area contributed by atoms with Crippen LogP contribution >= 0.6 is 0 Å². The SMILES string of the molecule is O=C(Cc1c(-c2ccccc2)c2c(N(C(=O)c3ccc(F)c(F)c3)c3ccccc3)ccnc2[nH]c1=O)NCCO. The standard InChI is InChI=1S/C31H24F2N4O4/c32-23-12-11-20(17-24(23)33)31(41)37(21-9-5-2-6-10-21)25-13-14-35-29-28(25)27(19-7-3-1-4-8-19)22(30(40)36-29)18-26(39)34-15-16-38/h1-14,17,38H,15-16,18H2,(H,34,39)(H,35,36,40). The van der Waals surface area contributed by atoms with E-state index in [0.29, 0.717) is 27.9 Å². The number of carbonyl (C=O) groups excluding carboxylic acids is 2. The van der Waals surface area contributed by atoms with Gasteiger partial charge in [0.15, 0.2) is 11.6 Å². The molecular formula is C31H24F2N4O4. The number of rotatable bonds is 8. The average molecular weight is 555 g/mol. The lowest BCUT2D eigenvalue weighted by molar-refractivity contribution is -0.120. The average Bonchev–Trinajstić information content (AvgIpc) is 2.99. The first-order valence-electron chi connectivity index (χ1n) is 12.7. The van der Waals surface area contributed by atoms with Crippen LogP contribution in [0.15, 0.2) is 95.9 Å². The van der Waals surface area contributed by atoms with Gasteiger partial charge in [-0.15, -0.1) is 0 Å². The van der Waals surface area contributed by atoms with Crippen molar-refractivity contribution in [1.29, 1.82) is 0 Å². The van der Waals surface area contributed by atoms with Gasteiger partial charge in [-0.2, -0.15) is 0 Å². The molecular weight excluding hydrogens is 530 g/mol. The summed E-state index contributed by atoms with van der Waals surface area (Å²) in [5.74, 6) is -3.40. The molecule has 0 saturated heterocycles. The molecule has 0 saturated carbocycles. The number of aliphatic hydroxyl groups excluding tert-OH is 1. The molecule has 2 aromatic heterocycles. The maximum Gasteiger partial charge on any atom is 0.262 e. The number of benzene rings is 3. The Hall–Kier alpha value is -5.22. The Kier molecular flexibility index (Phi) is 7.93. The number of aliphatic hydroxyl groups is 1. The van der Waals surface area contributed by atoms with Gasteiger partial charge in [-0.1, -0.05) is 48.5 Å². The van der Waals surface area contributed by atoms with Crippen molar-refractivity contribution in [2.24, 2.45) is 0 Å². The third-order valence-electron chi connectivity index (χ3n) is 6.45. The van der Waals surface area contributed by atoms with Crippen molar-refractivity contribution in [2.45, 2.75) is 6.42 Å². The fourth-order valence-corrected chi connectivity index (χ4v) is 4.64. The van der Waals surface area contributed by atoms with Crippen molar-refractivity contribution < 1.29 is 23.5 Å². The second kappa shape index (κ2) is 11.9. The van der Waals surface area contributed by atoms with Crippen LogP contribution < -0.4 is 15.8 Å². The van der Waals surface area contributed by atoms with E-state index in [2.05, 4.69) is 15.3 Å². The van der Waals surface area contributed by atoms with Crippen LogP contribution in [-0.4, -0.2) is 40.0 Å². The van der Waals surface area contributed by atoms with Crippen LogP contribution in [0.25, 0.3) is 22.2 Å². The number of hydrogen-bond acceptors (Lipinski definition) is 5. The summed E-state index contributed by atoms with van der Waals surface area (Å²) in [6.45, 7) is -0.250. The number of fused-ring (bicyclic) bond motifs is 1. The Labute approximate surface area is 232 Å². The number of anilines is 2. The van der Waals surface area contributed by atoms with Gasteiger partial charge in [0.1, 0.15) is 5.65 Å². The number of carbonyl (C=O) groups is 2. The topological polar surface area (TPSA) is 115 Å². The fraction of sp³-hybridized carbons (Fsp3) is 0.0968. The van der Waals surface area contributed by atoms with Crippen molar-refractivity contribution in [3.05, 3.63) is 124 Å². The first-order chi connectivity index (χ1) is 19.9. The number of nitrogens with one attached hydrogen (secondary N) is 2. The Morgan fingerprint density at radius 2 is 1.63 bits per heavy atom. The van der Waals surface area contributed by atoms with Gasteiger partial charge >= 0.3 is 0 Å². The van der Waals surface area contributed by atoms with Gasteiger partial charge in [0.2, 0.25) is 5.91 Å². The van der Waals surface area contributed by atoms with E-state index in [-0.39, 0.29) is 36.3 Å². The molecule has 0 aliphatic rings. The summed E-state index contributed by atoms with van der Waals surface area (Å²) in [7, 11) is 0. The van der Waals surface area contributed by atoms with E-state index in [1.54, 1.807) is 66.7 Å². The summed E-state index contributed by atoms with van der Waals surface area (Å²) >= 11 is 0. The van der Waals surface area contributed by atoms with Crippen LogP contribution in [0.5, 0.6) is 0 Å². The molecule has 206 valence electrons. The van der Waals surface area contributed by atoms with Crippen LogP contribution in [-0.2, 0) is 11.2 Å². The summed E-state index contributed by atoms with van der Waals surface area (Å²) < 4.78 is 27.9. The highest BCUT2D eigenvalue weighted by molar-refractivity contribution is 6.17. The molecule has 10 heteroatoms. The summed E-state index contributed by atoms with van der Waals surface area (Å²) in [6.07, 6.45) is 1.11. The highest BCUT2D eigenvalue weighted by Crippen LogP contribution is 2.39. The van der Waals surface area contributed by atoms with Crippen LogP contribution in [0.2, 0.25) is 0 Å². The first-order valence-corrected chi connectivity index (χ1v) is 12.7. The maximum absolute atomic E-state index is 14.2. The number of aromatic nitrogens is 2. The molecule has 0 unspecified atom stereocenters. The lowest BCUT2D eigenvalue weighted by Crippen LogP contribution is -2.31. The van der Waals surface area contributed by atoms with Gasteiger partial charge in [-0.25, -0.2) is 13.8 Å². The number of amides is 2. The summed E-state index contributed by atoms with van der Waals surface area (Å²) in [4.78, 5) is 48.5. The number of para-hydroxylation sites is 1. The number of pyridine rings is 2. The van der Waals surface area contributed by atoms with E-state index in [1.807, 2.05) is 0 Å². The number of H-pyrrole nitrogens is 1. The minimum absolute atomic E-state index is 0.0162. The predicted octanol–water partition coefficient (Wildman–Crippen LogP) is 4.50. The van der Waals surface area contributed by atoms with Crippen molar-refractivity contribution in [2.75, 3.05) is 18.1 Å². The number of halogens is 2. The zero-order chi connectivity index (χ0) is 28.9. The van der Waals surface area contributed by atoms with Gasteiger partial charge in [-0.05, 0) is 42.0 Å². The molecule has 5 rings (SSSR count). The minimum Gasteiger partial charge on any atom is -0.395 e. The summed E-state index contributed by atoms with van der Waals surface area (Å²) in [6, 6.07) is 21.9. The highest BCUT2D eigenvalue weighted by Gasteiger charge is 2.27. The number of aromatic amines is 1. The van der Waals surface area contributed by atoms with Crippen molar-refractivity contribution in [3.63, 3.8) is 0 Å². The number of nitrogens with zero attached hydrogens (tertiary/aromatic N) is 2. The third kappa shape index (κ3) is 5.59. The maximum atomic E-state index is 14.2. The molecule has 0 spiro atoms. The molecule has 2 heterocycles. The molecule has 0 atom stereocenters. The lowest BCUT2D eigenvalue weighted by Gasteiger charge is -2.26. The van der Waals surface area contributed by atoms with E-state index in [1.165, 1.54) is 17.2 Å². The largest absolute Gasteiger partial charge is 0.395 e. The van der Waals surface area contributed by atoms with Gasteiger partial charge in [0.25, 0.3) is 11.5 Å². The molecule has 41 heavy (non-hydrogen) atoms.